The highest BCUT2D eigenvalue weighted by Crippen LogP contribution is 1.99. The number of aliphatic imine (C=N–C) groups is 1. The molecule has 0 aliphatic rings. The van der Waals surface area contributed by atoms with E-state index in [2.05, 4.69) is 22.5 Å². The average molecular weight is 223 g/mol. The summed E-state index contributed by atoms with van der Waals surface area (Å²) >= 11 is 0. The summed E-state index contributed by atoms with van der Waals surface area (Å²) in [6.07, 6.45) is 4.93. The van der Waals surface area contributed by atoms with Gasteiger partial charge in [-0.1, -0.05) is 13.3 Å². The topological polar surface area (TPSA) is 49.6 Å². The Kier molecular flexibility index (Phi) is 6.15. The maximum Gasteiger partial charge on any atom is 0.190 e. The zero-order valence-corrected chi connectivity index (χ0v) is 10.1. The van der Waals surface area contributed by atoms with Gasteiger partial charge in [-0.2, -0.15) is 0 Å². The van der Waals surface area contributed by atoms with Crippen LogP contribution >= 0.6 is 0 Å². The molecule has 0 spiro atoms. The van der Waals surface area contributed by atoms with Gasteiger partial charge >= 0.3 is 0 Å². The number of furan rings is 1. The zero-order chi connectivity index (χ0) is 11.6. The van der Waals surface area contributed by atoms with Crippen molar-refractivity contribution in [1.82, 2.24) is 10.6 Å². The minimum absolute atomic E-state index is 0.833. The van der Waals surface area contributed by atoms with Crippen LogP contribution in [0, 0.1) is 0 Å². The van der Waals surface area contributed by atoms with Crippen molar-refractivity contribution in [2.75, 3.05) is 20.1 Å². The Morgan fingerprint density at radius 3 is 2.81 bits per heavy atom. The first-order valence-corrected chi connectivity index (χ1v) is 5.83. The molecular weight excluding hydrogens is 202 g/mol. The minimum atomic E-state index is 0.833. The van der Waals surface area contributed by atoms with E-state index in [1.165, 1.54) is 12.8 Å². The van der Waals surface area contributed by atoms with Gasteiger partial charge < -0.3 is 15.1 Å². The Morgan fingerprint density at radius 2 is 2.19 bits per heavy atom. The van der Waals surface area contributed by atoms with Crippen molar-refractivity contribution in [2.45, 2.75) is 26.2 Å². The van der Waals surface area contributed by atoms with Gasteiger partial charge in [-0.3, -0.25) is 4.99 Å². The average Bonchev–Trinajstić information content (AvgIpc) is 2.80. The number of guanidine groups is 1. The molecule has 1 rings (SSSR count). The Hall–Kier alpha value is -1.45. The molecule has 1 aromatic rings. The number of nitrogens with one attached hydrogen (secondary N) is 2. The highest BCUT2D eigenvalue weighted by molar-refractivity contribution is 5.79. The summed E-state index contributed by atoms with van der Waals surface area (Å²) in [4.78, 5) is 4.14. The number of nitrogens with zero attached hydrogens (tertiary/aromatic N) is 1. The number of unbranched alkanes of at least 4 members (excludes halogenated alkanes) is 1. The molecule has 2 N–H and O–H groups in total. The summed E-state index contributed by atoms with van der Waals surface area (Å²) in [6, 6.07) is 3.89. The van der Waals surface area contributed by atoms with Crippen LogP contribution < -0.4 is 10.6 Å². The summed E-state index contributed by atoms with van der Waals surface area (Å²) in [5.74, 6) is 1.86. The van der Waals surface area contributed by atoms with Crippen LogP contribution in [0.5, 0.6) is 0 Å². The summed E-state index contributed by atoms with van der Waals surface area (Å²) < 4.78 is 5.25. The van der Waals surface area contributed by atoms with E-state index in [1.807, 2.05) is 12.1 Å². The molecule has 0 amide bonds. The van der Waals surface area contributed by atoms with Crippen LogP contribution in [0.25, 0.3) is 0 Å². The van der Waals surface area contributed by atoms with E-state index in [0.29, 0.717) is 0 Å². The monoisotopic (exact) mass is 223 g/mol. The molecule has 0 aliphatic carbocycles. The molecule has 0 aliphatic heterocycles. The molecule has 1 heterocycles. The quantitative estimate of drug-likeness (QED) is 0.439. The van der Waals surface area contributed by atoms with Gasteiger partial charge in [0.05, 0.1) is 6.26 Å². The lowest BCUT2D eigenvalue weighted by Gasteiger charge is -2.10. The van der Waals surface area contributed by atoms with Crippen molar-refractivity contribution >= 4 is 5.96 Å². The van der Waals surface area contributed by atoms with Gasteiger partial charge in [0.2, 0.25) is 0 Å². The Morgan fingerprint density at radius 1 is 1.38 bits per heavy atom. The minimum Gasteiger partial charge on any atom is -0.469 e. The second-order valence-electron chi connectivity index (χ2n) is 3.61. The van der Waals surface area contributed by atoms with Gasteiger partial charge in [-0.25, -0.2) is 0 Å². The lowest BCUT2D eigenvalue weighted by Crippen LogP contribution is -2.38. The van der Waals surface area contributed by atoms with Crippen molar-refractivity contribution in [3.05, 3.63) is 24.2 Å². The first kappa shape index (κ1) is 12.6. The zero-order valence-electron chi connectivity index (χ0n) is 10.1. The van der Waals surface area contributed by atoms with Crippen molar-refractivity contribution in [3.8, 4) is 0 Å². The molecule has 0 atom stereocenters. The van der Waals surface area contributed by atoms with Crippen LogP contribution in [-0.4, -0.2) is 26.1 Å². The van der Waals surface area contributed by atoms with E-state index in [0.717, 1.165) is 31.2 Å². The normalized spacial score (nSPS) is 11.5. The lowest BCUT2D eigenvalue weighted by molar-refractivity contribution is 0.506. The van der Waals surface area contributed by atoms with E-state index >= 15 is 0 Å². The molecule has 0 fully saturated rings. The molecule has 0 radical (unpaired) electrons. The molecule has 90 valence electrons. The maximum absolute atomic E-state index is 5.25. The first-order chi connectivity index (χ1) is 7.86. The smallest absolute Gasteiger partial charge is 0.190 e. The summed E-state index contributed by atoms with van der Waals surface area (Å²) in [5.41, 5.74) is 0. The number of hydrogen-bond acceptors (Lipinski definition) is 2. The predicted molar refractivity (Wildman–Crippen MR) is 66.7 cm³/mol. The van der Waals surface area contributed by atoms with Gasteiger partial charge in [0.15, 0.2) is 5.96 Å². The highest BCUT2D eigenvalue weighted by Gasteiger charge is 1.98. The van der Waals surface area contributed by atoms with Gasteiger partial charge in [-0.05, 0) is 18.6 Å². The molecule has 0 bridgehead atoms. The van der Waals surface area contributed by atoms with E-state index in [9.17, 15) is 0 Å². The van der Waals surface area contributed by atoms with E-state index in [4.69, 9.17) is 4.42 Å². The third-order valence-corrected chi connectivity index (χ3v) is 2.29. The highest BCUT2D eigenvalue weighted by atomic mass is 16.3. The second kappa shape index (κ2) is 7.79. The molecule has 1 aromatic heterocycles. The summed E-state index contributed by atoms with van der Waals surface area (Å²) in [7, 11) is 1.79. The Labute approximate surface area is 97.1 Å². The molecule has 0 saturated heterocycles. The van der Waals surface area contributed by atoms with Crippen LogP contribution in [0.3, 0.4) is 0 Å². The van der Waals surface area contributed by atoms with Crippen LogP contribution in [0.2, 0.25) is 0 Å². The molecular formula is C12H21N3O. The van der Waals surface area contributed by atoms with Crippen molar-refractivity contribution in [3.63, 3.8) is 0 Å². The standard InChI is InChI=1S/C12H21N3O/c1-3-4-8-14-12(13-2)15-9-7-11-6-5-10-16-11/h5-6,10H,3-4,7-9H2,1-2H3,(H2,13,14,15). The van der Waals surface area contributed by atoms with E-state index < -0.39 is 0 Å². The summed E-state index contributed by atoms with van der Waals surface area (Å²) in [5, 5.41) is 6.50. The Balaban J connectivity index is 2.14. The fourth-order valence-corrected chi connectivity index (χ4v) is 1.36. The van der Waals surface area contributed by atoms with Crippen molar-refractivity contribution in [2.24, 2.45) is 4.99 Å². The third-order valence-electron chi connectivity index (χ3n) is 2.29. The SMILES string of the molecule is CCCCNC(=NC)NCCc1ccco1. The molecule has 4 heteroatoms. The first-order valence-electron chi connectivity index (χ1n) is 5.83. The van der Waals surface area contributed by atoms with Gasteiger partial charge in [0, 0.05) is 26.6 Å². The fourth-order valence-electron chi connectivity index (χ4n) is 1.36. The van der Waals surface area contributed by atoms with E-state index in [-0.39, 0.29) is 0 Å². The van der Waals surface area contributed by atoms with Crippen LogP contribution in [-0.2, 0) is 6.42 Å². The molecule has 16 heavy (non-hydrogen) atoms. The lowest BCUT2D eigenvalue weighted by atomic mass is 10.3. The Bertz CT molecular complexity index is 293. The fraction of sp³-hybridized carbons (Fsp3) is 0.583. The van der Waals surface area contributed by atoms with Crippen LogP contribution in [0.1, 0.15) is 25.5 Å². The molecule has 0 unspecified atom stereocenters. The maximum atomic E-state index is 5.25. The summed E-state index contributed by atoms with van der Waals surface area (Å²) in [6.45, 7) is 3.98. The van der Waals surface area contributed by atoms with Crippen LogP contribution in [0.15, 0.2) is 27.8 Å². The number of rotatable bonds is 6. The van der Waals surface area contributed by atoms with E-state index in [1.54, 1.807) is 13.3 Å². The van der Waals surface area contributed by atoms with Gasteiger partial charge in [0.1, 0.15) is 5.76 Å². The van der Waals surface area contributed by atoms with Gasteiger partial charge in [-0.15, -0.1) is 0 Å². The predicted octanol–water partition coefficient (Wildman–Crippen LogP) is 1.79. The van der Waals surface area contributed by atoms with Crippen molar-refractivity contribution in [1.29, 1.82) is 0 Å². The van der Waals surface area contributed by atoms with Gasteiger partial charge in [0.25, 0.3) is 0 Å². The van der Waals surface area contributed by atoms with Crippen molar-refractivity contribution < 1.29 is 4.42 Å². The molecule has 0 aromatic carbocycles. The number of hydrogen-bond donors (Lipinski definition) is 2. The largest absolute Gasteiger partial charge is 0.469 e. The third kappa shape index (κ3) is 4.87. The van der Waals surface area contributed by atoms with Crippen LogP contribution in [0.4, 0.5) is 0 Å². The molecule has 0 saturated carbocycles. The molecule has 4 nitrogen and oxygen atoms in total. The second-order valence-corrected chi connectivity index (χ2v) is 3.61.